The Kier molecular flexibility index (Phi) is 7.02. The minimum atomic E-state index is -0.331. The molecule has 1 heterocycles. The van der Waals surface area contributed by atoms with E-state index in [0.717, 1.165) is 29.9 Å². The van der Waals surface area contributed by atoms with Crippen LogP contribution in [0.3, 0.4) is 0 Å². The Labute approximate surface area is 198 Å². The van der Waals surface area contributed by atoms with Crippen LogP contribution in [0.5, 0.6) is 0 Å². The molecule has 5 heteroatoms. The van der Waals surface area contributed by atoms with Crippen molar-refractivity contribution in [1.82, 2.24) is 0 Å². The summed E-state index contributed by atoms with van der Waals surface area (Å²) in [5.74, 6) is 0.610. The summed E-state index contributed by atoms with van der Waals surface area (Å²) < 4.78 is 35.1. The molecule has 0 bridgehead atoms. The second kappa shape index (κ2) is 10.3. The SMILES string of the molecule is CC[N+](CC)=C1C=C/C(=C\C=C2/C=C(c3ccc(F)cc3)C=C(c3ccc(F)cc3)O2)C(O)=C1. The smallest absolute Gasteiger partial charge is 0.203 e. The maximum absolute atomic E-state index is 13.4. The van der Waals surface area contributed by atoms with Crippen LogP contribution in [-0.4, -0.2) is 28.5 Å². The maximum atomic E-state index is 13.4. The number of hydrogen-bond donors (Lipinski definition) is 1. The monoisotopic (exact) mass is 458 g/mol. The molecule has 0 amide bonds. The van der Waals surface area contributed by atoms with E-state index in [9.17, 15) is 13.9 Å². The minimum Gasteiger partial charge on any atom is -0.507 e. The summed E-state index contributed by atoms with van der Waals surface area (Å²) >= 11 is 0. The van der Waals surface area contributed by atoms with Crippen molar-refractivity contribution in [1.29, 1.82) is 0 Å². The first kappa shape index (κ1) is 23.2. The fourth-order valence-electron chi connectivity index (χ4n) is 3.80. The molecule has 1 aliphatic heterocycles. The molecule has 2 aromatic rings. The van der Waals surface area contributed by atoms with Crippen LogP contribution < -0.4 is 0 Å². The summed E-state index contributed by atoms with van der Waals surface area (Å²) in [6, 6.07) is 12.3. The van der Waals surface area contributed by atoms with E-state index in [4.69, 9.17) is 4.74 Å². The van der Waals surface area contributed by atoms with Crippen molar-refractivity contribution in [3.05, 3.63) is 131 Å². The second-order valence-electron chi connectivity index (χ2n) is 7.88. The lowest BCUT2D eigenvalue weighted by molar-refractivity contribution is -0.519. The first-order valence-corrected chi connectivity index (χ1v) is 11.2. The summed E-state index contributed by atoms with van der Waals surface area (Å²) in [5, 5.41) is 10.5. The number of benzene rings is 2. The molecule has 0 aromatic heterocycles. The summed E-state index contributed by atoms with van der Waals surface area (Å²) in [6.45, 7) is 5.85. The van der Waals surface area contributed by atoms with Crippen molar-refractivity contribution < 1.29 is 23.2 Å². The van der Waals surface area contributed by atoms with Crippen LogP contribution >= 0.6 is 0 Å². The molecule has 1 aliphatic carbocycles. The van der Waals surface area contributed by atoms with Gasteiger partial charge in [0.25, 0.3) is 0 Å². The largest absolute Gasteiger partial charge is 0.507 e. The standard InChI is InChI=1S/C29H25F2NO2/c1-3-32(4-2)26-15-9-21(28(33)19-26)10-16-27-17-23(20-5-11-24(30)12-6-20)18-29(34-27)22-7-13-25(31)14-8-22/h5-19H,3-4H2,1-2H3/p+1/b21-10+,27-16+. The number of rotatable bonds is 5. The zero-order chi connectivity index (χ0) is 24.1. The van der Waals surface area contributed by atoms with Gasteiger partial charge in [0, 0.05) is 17.2 Å². The van der Waals surface area contributed by atoms with Crippen LogP contribution in [0.2, 0.25) is 0 Å². The van der Waals surface area contributed by atoms with Crippen LogP contribution in [0.1, 0.15) is 25.0 Å². The van der Waals surface area contributed by atoms with Gasteiger partial charge in [0.15, 0.2) is 0 Å². The van der Waals surface area contributed by atoms with Crippen LogP contribution in [0, 0.1) is 11.6 Å². The molecule has 2 aliphatic rings. The number of ether oxygens (including phenoxy) is 1. The molecule has 3 nitrogen and oxygen atoms in total. The molecular weight excluding hydrogens is 432 g/mol. The second-order valence-corrected chi connectivity index (χ2v) is 7.88. The highest BCUT2D eigenvalue weighted by Crippen LogP contribution is 2.32. The zero-order valence-electron chi connectivity index (χ0n) is 19.1. The first-order chi connectivity index (χ1) is 16.5. The highest BCUT2D eigenvalue weighted by Gasteiger charge is 2.16. The number of aliphatic hydroxyl groups excluding tert-OH is 1. The molecule has 172 valence electrons. The molecule has 34 heavy (non-hydrogen) atoms. The van der Waals surface area contributed by atoms with Gasteiger partial charge in [-0.25, -0.2) is 13.4 Å². The maximum Gasteiger partial charge on any atom is 0.203 e. The molecule has 2 aromatic carbocycles. The number of aliphatic hydroxyl groups is 1. The average Bonchev–Trinajstić information content (AvgIpc) is 2.85. The van der Waals surface area contributed by atoms with Crippen molar-refractivity contribution >= 4 is 17.0 Å². The van der Waals surface area contributed by atoms with Gasteiger partial charge >= 0.3 is 0 Å². The van der Waals surface area contributed by atoms with E-state index in [0.29, 0.717) is 22.7 Å². The summed E-state index contributed by atoms with van der Waals surface area (Å²) in [5.41, 5.74) is 3.97. The lowest BCUT2D eigenvalue weighted by atomic mass is 10.00. The summed E-state index contributed by atoms with van der Waals surface area (Å²) in [4.78, 5) is 0. The molecule has 0 saturated carbocycles. The van der Waals surface area contributed by atoms with E-state index in [2.05, 4.69) is 18.4 Å². The van der Waals surface area contributed by atoms with E-state index in [1.807, 2.05) is 24.3 Å². The Bertz CT molecular complexity index is 1280. The van der Waals surface area contributed by atoms with E-state index in [1.54, 1.807) is 42.5 Å². The van der Waals surface area contributed by atoms with Gasteiger partial charge in [0.2, 0.25) is 5.71 Å². The van der Waals surface area contributed by atoms with Gasteiger partial charge in [0.1, 0.15) is 42.0 Å². The molecule has 4 rings (SSSR count). The van der Waals surface area contributed by atoms with Crippen LogP contribution in [0.4, 0.5) is 8.78 Å². The highest BCUT2D eigenvalue weighted by molar-refractivity contribution is 6.03. The third-order valence-corrected chi connectivity index (χ3v) is 5.69. The predicted molar refractivity (Wildman–Crippen MR) is 132 cm³/mol. The molecule has 0 fully saturated rings. The van der Waals surface area contributed by atoms with Gasteiger partial charge < -0.3 is 9.84 Å². The van der Waals surface area contributed by atoms with Gasteiger partial charge in [-0.2, -0.15) is 0 Å². The Hall–Kier alpha value is -3.99. The van der Waals surface area contributed by atoms with E-state index in [-0.39, 0.29) is 17.4 Å². The van der Waals surface area contributed by atoms with Gasteiger partial charge in [-0.3, -0.25) is 0 Å². The van der Waals surface area contributed by atoms with Crippen molar-refractivity contribution in [2.75, 3.05) is 13.1 Å². The quantitative estimate of drug-likeness (QED) is 0.504. The fourth-order valence-corrected chi connectivity index (χ4v) is 3.80. The Morgan fingerprint density at radius 3 is 2.00 bits per heavy atom. The molecule has 0 atom stereocenters. The summed E-state index contributed by atoms with van der Waals surface area (Å²) in [6.07, 6.45) is 12.8. The normalized spacial score (nSPS) is 17.9. The third kappa shape index (κ3) is 5.31. The van der Waals surface area contributed by atoms with Crippen molar-refractivity contribution in [3.8, 4) is 0 Å². The number of hydrogen-bond acceptors (Lipinski definition) is 2. The Morgan fingerprint density at radius 2 is 1.41 bits per heavy atom. The van der Waals surface area contributed by atoms with Gasteiger partial charge in [-0.15, -0.1) is 0 Å². The van der Waals surface area contributed by atoms with Gasteiger partial charge in [0.05, 0.1) is 6.08 Å². The number of halogens is 2. The molecule has 0 spiro atoms. The Morgan fingerprint density at radius 1 is 0.794 bits per heavy atom. The lowest BCUT2D eigenvalue weighted by Crippen LogP contribution is -2.20. The zero-order valence-corrected chi connectivity index (χ0v) is 19.1. The average molecular weight is 459 g/mol. The molecule has 0 saturated heterocycles. The number of nitrogens with zero attached hydrogens (tertiary/aromatic N) is 1. The van der Waals surface area contributed by atoms with Crippen LogP contribution in [-0.2, 0) is 4.74 Å². The lowest BCUT2D eigenvalue weighted by Gasteiger charge is -2.18. The topological polar surface area (TPSA) is 32.5 Å². The van der Waals surface area contributed by atoms with E-state index in [1.165, 1.54) is 24.3 Å². The third-order valence-electron chi connectivity index (χ3n) is 5.69. The van der Waals surface area contributed by atoms with Crippen LogP contribution in [0.25, 0.3) is 11.3 Å². The van der Waals surface area contributed by atoms with Crippen molar-refractivity contribution in [3.63, 3.8) is 0 Å². The molecule has 1 N–H and O–H groups in total. The van der Waals surface area contributed by atoms with Gasteiger partial charge in [-0.05, 0) is 91.8 Å². The minimum absolute atomic E-state index is 0.175. The van der Waals surface area contributed by atoms with Gasteiger partial charge in [-0.1, -0.05) is 12.1 Å². The molecular formula is C29H26F2NO2+. The fraction of sp³-hybridized carbons (Fsp3) is 0.138. The first-order valence-electron chi connectivity index (χ1n) is 11.2. The van der Waals surface area contributed by atoms with E-state index < -0.39 is 0 Å². The van der Waals surface area contributed by atoms with Crippen LogP contribution in [0.15, 0.2) is 108 Å². The van der Waals surface area contributed by atoms with Crippen molar-refractivity contribution in [2.24, 2.45) is 0 Å². The Balaban J connectivity index is 1.69. The van der Waals surface area contributed by atoms with E-state index >= 15 is 0 Å². The number of allylic oxidation sites excluding steroid dienone is 8. The highest BCUT2D eigenvalue weighted by atomic mass is 19.1. The van der Waals surface area contributed by atoms with Crippen molar-refractivity contribution in [2.45, 2.75) is 13.8 Å². The molecule has 0 radical (unpaired) electrons. The molecule has 0 unspecified atom stereocenters. The summed E-state index contributed by atoms with van der Waals surface area (Å²) in [7, 11) is 0. The predicted octanol–water partition coefficient (Wildman–Crippen LogP) is 6.73.